The number of carbonyl (C=O) groups is 1. The summed E-state index contributed by atoms with van der Waals surface area (Å²) in [6, 6.07) is 7.19. The Morgan fingerprint density at radius 1 is 1.20 bits per heavy atom. The largest absolute Gasteiger partial charge is 0.411 e. The molecule has 5 nitrogen and oxygen atoms in total. The second-order valence-electron chi connectivity index (χ2n) is 5.78. The second-order valence-corrected chi connectivity index (χ2v) is 7.15. The smallest absolute Gasteiger partial charge is 0.277 e. The average molecular weight is 382 g/mol. The summed E-state index contributed by atoms with van der Waals surface area (Å²) in [5, 5.41) is 9.09. The van der Waals surface area contributed by atoms with Gasteiger partial charge < -0.3 is 9.32 Å². The van der Waals surface area contributed by atoms with Crippen LogP contribution in [0.4, 0.5) is 0 Å². The minimum atomic E-state index is 0.102. The minimum Gasteiger partial charge on any atom is -0.411 e. The zero-order chi connectivity index (χ0) is 18.2. The topological polar surface area (TPSA) is 59.2 Å². The molecule has 0 atom stereocenters. The average Bonchev–Trinajstić information content (AvgIpc) is 3.10. The van der Waals surface area contributed by atoms with Gasteiger partial charge in [0.15, 0.2) is 0 Å². The molecule has 0 bridgehead atoms. The molecule has 0 unspecified atom stereocenters. The van der Waals surface area contributed by atoms with Crippen molar-refractivity contribution in [3.05, 3.63) is 29.3 Å². The summed E-state index contributed by atoms with van der Waals surface area (Å²) < 4.78 is 5.62. The quantitative estimate of drug-likeness (QED) is 0.585. The maximum atomic E-state index is 12.4. The maximum absolute atomic E-state index is 12.4. The molecule has 1 amide bonds. The van der Waals surface area contributed by atoms with Crippen molar-refractivity contribution >= 4 is 29.3 Å². The first-order valence-electron chi connectivity index (χ1n) is 8.57. The van der Waals surface area contributed by atoms with E-state index in [-0.39, 0.29) is 5.91 Å². The highest BCUT2D eigenvalue weighted by Gasteiger charge is 2.17. The van der Waals surface area contributed by atoms with Crippen molar-refractivity contribution in [1.29, 1.82) is 0 Å². The number of amides is 1. The predicted octanol–water partition coefficient (Wildman–Crippen LogP) is 4.77. The van der Waals surface area contributed by atoms with Gasteiger partial charge in [0.25, 0.3) is 5.22 Å². The fourth-order valence-electron chi connectivity index (χ4n) is 2.46. The van der Waals surface area contributed by atoms with Gasteiger partial charge in [0.05, 0.1) is 5.75 Å². The third-order valence-electron chi connectivity index (χ3n) is 4.18. The molecule has 2 aromatic rings. The van der Waals surface area contributed by atoms with Crippen LogP contribution in [0.15, 0.2) is 33.9 Å². The van der Waals surface area contributed by atoms with Gasteiger partial charge in [-0.15, -0.1) is 10.2 Å². The van der Waals surface area contributed by atoms with Crippen LogP contribution < -0.4 is 0 Å². The van der Waals surface area contributed by atoms with Crippen molar-refractivity contribution in [3.8, 4) is 11.5 Å². The summed E-state index contributed by atoms with van der Waals surface area (Å²) in [6.45, 7) is 7.87. The van der Waals surface area contributed by atoms with Gasteiger partial charge in [-0.05, 0) is 37.1 Å². The van der Waals surface area contributed by atoms with E-state index in [2.05, 4.69) is 24.0 Å². The molecule has 1 aromatic heterocycles. The third-order valence-corrected chi connectivity index (χ3v) is 5.24. The molecule has 1 heterocycles. The molecule has 2 rings (SSSR count). The zero-order valence-corrected chi connectivity index (χ0v) is 16.4. The molecular formula is C18H24ClN3O2S. The molecule has 0 aliphatic carbocycles. The third kappa shape index (κ3) is 5.75. The Morgan fingerprint density at radius 2 is 1.88 bits per heavy atom. The molecule has 0 saturated heterocycles. The first-order valence-corrected chi connectivity index (χ1v) is 9.93. The van der Waals surface area contributed by atoms with Crippen LogP contribution in [0.3, 0.4) is 0 Å². The molecule has 25 heavy (non-hydrogen) atoms. The molecule has 0 radical (unpaired) electrons. The molecule has 0 saturated carbocycles. The number of nitrogens with zero attached hydrogens (tertiary/aromatic N) is 3. The Hall–Kier alpha value is -1.53. The lowest BCUT2D eigenvalue weighted by atomic mass is 10.0. The van der Waals surface area contributed by atoms with Crippen LogP contribution in [0.1, 0.15) is 33.6 Å². The molecule has 0 spiro atoms. The van der Waals surface area contributed by atoms with Crippen LogP contribution in [-0.4, -0.2) is 39.8 Å². The van der Waals surface area contributed by atoms with E-state index in [4.69, 9.17) is 16.0 Å². The lowest BCUT2D eigenvalue weighted by Gasteiger charge is -2.25. The summed E-state index contributed by atoms with van der Waals surface area (Å²) >= 11 is 7.15. The van der Waals surface area contributed by atoms with E-state index in [9.17, 15) is 4.79 Å². The monoisotopic (exact) mass is 381 g/mol. The number of aromatic nitrogens is 2. The van der Waals surface area contributed by atoms with Crippen LogP contribution >= 0.6 is 23.4 Å². The van der Waals surface area contributed by atoms with E-state index in [0.29, 0.717) is 27.8 Å². The number of rotatable bonds is 9. The van der Waals surface area contributed by atoms with Gasteiger partial charge in [0.2, 0.25) is 11.8 Å². The number of thioether (sulfide) groups is 1. The normalized spacial score (nSPS) is 11.1. The molecule has 0 fully saturated rings. The fourth-order valence-corrected chi connectivity index (χ4v) is 3.25. The van der Waals surface area contributed by atoms with Gasteiger partial charge in [-0.3, -0.25) is 4.79 Å². The van der Waals surface area contributed by atoms with Crippen LogP contribution in [0.5, 0.6) is 0 Å². The molecule has 136 valence electrons. The summed E-state index contributed by atoms with van der Waals surface area (Å²) in [6.07, 6.45) is 2.17. The van der Waals surface area contributed by atoms with Crippen molar-refractivity contribution in [3.63, 3.8) is 0 Å². The maximum Gasteiger partial charge on any atom is 0.277 e. The van der Waals surface area contributed by atoms with Crippen molar-refractivity contribution in [2.45, 2.75) is 38.8 Å². The number of benzene rings is 1. The van der Waals surface area contributed by atoms with Gasteiger partial charge >= 0.3 is 0 Å². The highest BCUT2D eigenvalue weighted by Crippen LogP contribution is 2.24. The number of halogens is 1. The van der Waals surface area contributed by atoms with E-state index in [1.165, 1.54) is 11.8 Å². The first-order chi connectivity index (χ1) is 12.1. The van der Waals surface area contributed by atoms with Gasteiger partial charge in [0.1, 0.15) is 0 Å². The molecule has 0 aliphatic rings. The fraction of sp³-hybridized carbons (Fsp3) is 0.500. The summed E-state index contributed by atoms with van der Waals surface area (Å²) in [5.74, 6) is 1.38. The first kappa shape index (κ1) is 19.8. The van der Waals surface area contributed by atoms with Crippen LogP contribution in [0.2, 0.25) is 5.02 Å². The van der Waals surface area contributed by atoms with Crippen molar-refractivity contribution < 1.29 is 9.21 Å². The highest BCUT2D eigenvalue weighted by atomic mass is 35.5. The Morgan fingerprint density at radius 3 is 2.48 bits per heavy atom. The molecule has 0 N–H and O–H groups in total. The van der Waals surface area contributed by atoms with Crippen LogP contribution in [-0.2, 0) is 4.79 Å². The molecule has 1 aromatic carbocycles. The standard InChI is InChI=1S/C18H24ClN3O2S/c1-4-13(5-2)11-22(6-3)16(23)12-25-18-21-20-17(24-18)14-7-9-15(19)10-8-14/h7-10,13H,4-6,11-12H2,1-3H3. The number of carbonyl (C=O) groups excluding carboxylic acids is 1. The SMILES string of the molecule is CCC(CC)CN(CC)C(=O)CSc1nnc(-c2ccc(Cl)cc2)o1. The van der Waals surface area contributed by atoms with Crippen molar-refractivity contribution in [2.75, 3.05) is 18.8 Å². The van der Waals surface area contributed by atoms with Crippen LogP contribution in [0.25, 0.3) is 11.5 Å². The van der Waals surface area contributed by atoms with Gasteiger partial charge in [0, 0.05) is 23.7 Å². The van der Waals surface area contributed by atoms with E-state index in [1.54, 1.807) is 12.1 Å². The Kier molecular flexibility index (Phi) is 7.78. The number of hydrogen-bond donors (Lipinski definition) is 0. The predicted molar refractivity (Wildman–Crippen MR) is 102 cm³/mol. The van der Waals surface area contributed by atoms with Crippen LogP contribution in [0, 0.1) is 5.92 Å². The van der Waals surface area contributed by atoms with E-state index in [0.717, 1.165) is 31.5 Å². The van der Waals surface area contributed by atoms with Crippen molar-refractivity contribution in [1.82, 2.24) is 15.1 Å². The second kappa shape index (κ2) is 9.82. The van der Waals surface area contributed by atoms with Crippen molar-refractivity contribution in [2.24, 2.45) is 5.92 Å². The van der Waals surface area contributed by atoms with E-state index >= 15 is 0 Å². The molecule has 7 heteroatoms. The summed E-state index contributed by atoms with van der Waals surface area (Å²) in [7, 11) is 0. The zero-order valence-electron chi connectivity index (χ0n) is 14.9. The van der Waals surface area contributed by atoms with E-state index < -0.39 is 0 Å². The molecule has 0 aliphatic heterocycles. The van der Waals surface area contributed by atoms with Gasteiger partial charge in [-0.2, -0.15) is 0 Å². The van der Waals surface area contributed by atoms with E-state index in [1.807, 2.05) is 24.0 Å². The summed E-state index contributed by atoms with van der Waals surface area (Å²) in [5.41, 5.74) is 0.805. The highest BCUT2D eigenvalue weighted by molar-refractivity contribution is 7.99. The number of hydrogen-bond acceptors (Lipinski definition) is 5. The minimum absolute atomic E-state index is 0.102. The summed E-state index contributed by atoms with van der Waals surface area (Å²) in [4.78, 5) is 14.3. The van der Waals surface area contributed by atoms with Gasteiger partial charge in [-0.25, -0.2) is 0 Å². The lowest BCUT2D eigenvalue weighted by molar-refractivity contribution is -0.128. The molecular weight excluding hydrogens is 358 g/mol. The Balaban J connectivity index is 1.92. The lowest BCUT2D eigenvalue weighted by Crippen LogP contribution is -2.36. The Labute approximate surface area is 158 Å². The Bertz CT molecular complexity index is 671. The van der Waals surface area contributed by atoms with Gasteiger partial charge in [-0.1, -0.05) is 50.1 Å².